The van der Waals surface area contributed by atoms with E-state index in [1.807, 2.05) is 0 Å². The summed E-state index contributed by atoms with van der Waals surface area (Å²) < 4.78 is 1.20. The molecule has 1 aliphatic rings. The first-order valence-corrected chi connectivity index (χ1v) is 9.42. The quantitative estimate of drug-likeness (QED) is 0.679. The van der Waals surface area contributed by atoms with Gasteiger partial charge in [0.2, 0.25) is 0 Å². The fourth-order valence-electron chi connectivity index (χ4n) is 2.93. The number of hydrogen-bond acceptors (Lipinski definition) is 3. The van der Waals surface area contributed by atoms with Gasteiger partial charge in [-0.25, -0.2) is 9.97 Å². The molecule has 2 rings (SSSR count). The topological polar surface area (TPSA) is 37.8 Å². The standard InChI is InChI=1S/C17H28IN3/c1-5-10-19-17-14(18)15(11(2)3)20-16(21-17)13-8-6-12(4)7-9-13/h11-13H,5-10H2,1-4H3,(H,19,20,21). The fourth-order valence-corrected chi connectivity index (χ4v) is 3.98. The Bertz CT molecular complexity index is 465. The zero-order valence-electron chi connectivity index (χ0n) is 13.7. The summed E-state index contributed by atoms with van der Waals surface area (Å²) in [5.74, 6) is 3.99. The van der Waals surface area contributed by atoms with Gasteiger partial charge in [-0.05, 0) is 53.7 Å². The highest BCUT2D eigenvalue weighted by atomic mass is 127. The van der Waals surface area contributed by atoms with Crippen LogP contribution in [0, 0.1) is 9.49 Å². The van der Waals surface area contributed by atoms with Crippen molar-refractivity contribution in [1.29, 1.82) is 0 Å². The molecule has 1 aliphatic carbocycles. The van der Waals surface area contributed by atoms with Gasteiger partial charge in [0.1, 0.15) is 11.6 Å². The predicted octanol–water partition coefficient (Wildman–Crippen LogP) is 5.32. The Hall–Kier alpha value is -0.390. The van der Waals surface area contributed by atoms with Gasteiger partial charge in [-0.1, -0.05) is 40.5 Å². The van der Waals surface area contributed by atoms with Crippen LogP contribution in [-0.4, -0.2) is 16.5 Å². The van der Waals surface area contributed by atoms with Crippen molar-refractivity contribution in [3.8, 4) is 0 Å². The molecule has 0 aromatic carbocycles. The predicted molar refractivity (Wildman–Crippen MR) is 98.0 cm³/mol. The summed E-state index contributed by atoms with van der Waals surface area (Å²) in [4.78, 5) is 9.80. The summed E-state index contributed by atoms with van der Waals surface area (Å²) in [5, 5.41) is 3.49. The molecular weight excluding hydrogens is 373 g/mol. The molecule has 0 unspecified atom stereocenters. The number of halogens is 1. The molecule has 21 heavy (non-hydrogen) atoms. The lowest BCUT2D eigenvalue weighted by molar-refractivity contribution is 0.339. The SMILES string of the molecule is CCCNc1nc(C2CCC(C)CC2)nc(C(C)C)c1I. The third-order valence-electron chi connectivity index (χ3n) is 4.36. The van der Waals surface area contributed by atoms with Crippen molar-refractivity contribution in [1.82, 2.24) is 9.97 Å². The van der Waals surface area contributed by atoms with Crippen LogP contribution >= 0.6 is 22.6 Å². The molecule has 0 amide bonds. The molecule has 0 radical (unpaired) electrons. The van der Waals surface area contributed by atoms with Crippen LogP contribution in [0.2, 0.25) is 0 Å². The maximum absolute atomic E-state index is 4.93. The third kappa shape index (κ3) is 4.30. The molecule has 118 valence electrons. The molecule has 4 heteroatoms. The normalized spacial score (nSPS) is 22.6. The van der Waals surface area contributed by atoms with Crippen molar-refractivity contribution in [2.24, 2.45) is 5.92 Å². The smallest absolute Gasteiger partial charge is 0.143 e. The lowest BCUT2D eigenvalue weighted by Gasteiger charge is -2.26. The van der Waals surface area contributed by atoms with Gasteiger partial charge in [0, 0.05) is 12.5 Å². The van der Waals surface area contributed by atoms with Crippen LogP contribution in [0.4, 0.5) is 5.82 Å². The van der Waals surface area contributed by atoms with E-state index in [1.54, 1.807) is 0 Å². The maximum atomic E-state index is 4.93. The van der Waals surface area contributed by atoms with Crippen LogP contribution in [0.3, 0.4) is 0 Å². The number of nitrogens with one attached hydrogen (secondary N) is 1. The van der Waals surface area contributed by atoms with Crippen molar-refractivity contribution in [2.75, 3.05) is 11.9 Å². The number of aromatic nitrogens is 2. The second-order valence-corrected chi connectivity index (χ2v) is 7.75. The minimum Gasteiger partial charge on any atom is -0.369 e. The summed E-state index contributed by atoms with van der Waals surface area (Å²) in [7, 11) is 0. The summed E-state index contributed by atoms with van der Waals surface area (Å²) in [6.45, 7) is 9.97. The monoisotopic (exact) mass is 401 g/mol. The summed E-state index contributed by atoms with van der Waals surface area (Å²) in [6, 6.07) is 0. The van der Waals surface area contributed by atoms with Crippen LogP contribution in [0.5, 0.6) is 0 Å². The Morgan fingerprint density at radius 2 is 1.86 bits per heavy atom. The van der Waals surface area contributed by atoms with E-state index in [1.165, 1.54) is 34.9 Å². The molecule has 0 bridgehead atoms. The van der Waals surface area contributed by atoms with Gasteiger partial charge in [-0.2, -0.15) is 0 Å². The van der Waals surface area contributed by atoms with Crippen LogP contribution in [0.1, 0.15) is 83.2 Å². The molecule has 1 heterocycles. The fraction of sp³-hybridized carbons (Fsp3) is 0.765. The first-order chi connectivity index (χ1) is 10.0. The van der Waals surface area contributed by atoms with E-state index in [-0.39, 0.29) is 0 Å². The molecular formula is C17H28IN3. The molecule has 0 spiro atoms. The molecule has 1 N–H and O–H groups in total. The summed E-state index contributed by atoms with van der Waals surface area (Å²) in [6.07, 6.45) is 6.23. The number of nitrogens with zero attached hydrogens (tertiary/aromatic N) is 2. The first-order valence-electron chi connectivity index (χ1n) is 8.34. The first kappa shape index (κ1) is 17.0. The minimum atomic E-state index is 0.448. The van der Waals surface area contributed by atoms with Crippen molar-refractivity contribution >= 4 is 28.4 Å². The van der Waals surface area contributed by atoms with Crippen LogP contribution in [-0.2, 0) is 0 Å². The lowest BCUT2D eigenvalue weighted by Crippen LogP contribution is -2.17. The van der Waals surface area contributed by atoms with Crippen molar-refractivity contribution in [2.45, 2.75) is 71.6 Å². The summed E-state index contributed by atoms with van der Waals surface area (Å²) in [5.41, 5.74) is 1.21. The van der Waals surface area contributed by atoms with Gasteiger partial charge >= 0.3 is 0 Å². The molecule has 1 fully saturated rings. The highest BCUT2D eigenvalue weighted by molar-refractivity contribution is 14.1. The van der Waals surface area contributed by atoms with Crippen LogP contribution in [0.15, 0.2) is 0 Å². The molecule has 0 atom stereocenters. The largest absolute Gasteiger partial charge is 0.369 e. The second kappa shape index (κ2) is 7.75. The van der Waals surface area contributed by atoms with Gasteiger partial charge < -0.3 is 5.32 Å². The zero-order chi connectivity index (χ0) is 15.4. The number of rotatable bonds is 5. The van der Waals surface area contributed by atoms with E-state index in [0.717, 1.165) is 30.5 Å². The molecule has 0 aliphatic heterocycles. The Kier molecular flexibility index (Phi) is 6.26. The second-order valence-electron chi connectivity index (χ2n) is 6.67. The van der Waals surface area contributed by atoms with E-state index >= 15 is 0 Å². The van der Waals surface area contributed by atoms with E-state index in [4.69, 9.17) is 9.97 Å². The highest BCUT2D eigenvalue weighted by Gasteiger charge is 2.24. The molecule has 0 saturated heterocycles. The van der Waals surface area contributed by atoms with Gasteiger partial charge in [0.25, 0.3) is 0 Å². The third-order valence-corrected chi connectivity index (χ3v) is 5.43. The van der Waals surface area contributed by atoms with Gasteiger partial charge in [-0.15, -0.1) is 0 Å². The molecule has 1 aromatic rings. The average molecular weight is 401 g/mol. The Labute approximate surface area is 142 Å². The summed E-state index contributed by atoms with van der Waals surface area (Å²) >= 11 is 2.40. The molecule has 1 aromatic heterocycles. The Morgan fingerprint density at radius 3 is 2.43 bits per heavy atom. The van der Waals surface area contributed by atoms with Crippen molar-refractivity contribution in [3.05, 3.63) is 15.1 Å². The van der Waals surface area contributed by atoms with Gasteiger partial charge in [0.05, 0.1) is 9.26 Å². The Balaban J connectivity index is 2.29. The van der Waals surface area contributed by atoms with Crippen molar-refractivity contribution < 1.29 is 0 Å². The highest BCUT2D eigenvalue weighted by Crippen LogP contribution is 2.36. The van der Waals surface area contributed by atoms with Crippen molar-refractivity contribution in [3.63, 3.8) is 0 Å². The molecule has 3 nitrogen and oxygen atoms in total. The minimum absolute atomic E-state index is 0.448. The van der Waals surface area contributed by atoms with E-state index in [9.17, 15) is 0 Å². The zero-order valence-corrected chi connectivity index (χ0v) is 15.9. The van der Waals surface area contributed by atoms with Crippen LogP contribution in [0.25, 0.3) is 0 Å². The average Bonchev–Trinajstić information content (AvgIpc) is 2.47. The van der Waals surface area contributed by atoms with E-state index < -0.39 is 0 Å². The number of anilines is 1. The molecule has 1 saturated carbocycles. The Morgan fingerprint density at radius 1 is 1.19 bits per heavy atom. The van der Waals surface area contributed by atoms with Gasteiger partial charge in [-0.3, -0.25) is 0 Å². The lowest BCUT2D eigenvalue weighted by atomic mass is 9.82. The van der Waals surface area contributed by atoms with Crippen LogP contribution < -0.4 is 5.32 Å². The maximum Gasteiger partial charge on any atom is 0.143 e. The van der Waals surface area contributed by atoms with E-state index in [2.05, 4.69) is 55.6 Å². The van der Waals surface area contributed by atoms with Gasteiger partial charge in [0.15, 0.2) is 0 Å². The van der Waals surface area contributed by atoms with E-state index in [0.29, 0.717) is 11.8 Å². The number of hydrogen-bond donors (Lipinski definition) is 1.